The Hall–Kier alpha value is -3.35. The summed E-state index contributed by atoms with van der Waals surface area (Å²) in [6.07, 6.45) is -0.647. The number of alkyl carbamates (subject to hydrolysis) is 1. The molecule has 1 unspecified atom stereocenters. The highest BCUT2D eigenvalue weighted by molar-refractivity contribution is 5.87. The lowest BCUT2D eigenvalue weighted by Crippen LogP contribution is -2.51. The molecule has 33 heavy (non-hydrogen) atoms. The fraction of sp³-hybridized carbons (Fsp3) is 0.423. The third-order valence-corrected chi connectivity index (χ3v) is 6.79. The zero-order chi connectivity index (χ0) is 23.7. The minimum absolute atomic E-state index is 0.0629. The van der Waals surface area contributed by atoms with Crippen LogP contribution in [0.5, 0.6) is 0 Å². The molecular formula is C26H30N2O5. The highest BCUT2D eigenvalue weighted by Gasteiger charge is 2.40. The van der Waals surface area contributed by atoms with Crippen molar-refractivity contribution in [3.8, 4) is 11.1 Å². The van der Waals surface area contributed by atoms with E-state index >= 15 is 0 Å². The van der Waals surface area contributed by atoms with E-state index in [1.54, 1.807) is 0 Å². The normalized spacial score (nSPS) is 20.3. The van der Waals surface area contributed by atoms with Gasteiger partial charge in [0.25, 0.3) is 0 Å². The second kappa shape index (κ2) is 9.25. The molecule has 2 N–H and O–H groups in total. The van der Waals surface area contributed by atoms with E-state index in [9.17, 15) is 19.5 Å². The zero-order valence-corrected chi connectivity index (χ0v) is 19.2. The Morgan fingerprint density at radius 3 is 2.12 bits per heavy atom. The molecule has 0 bridgehead atoms. The summed E-state index contributed by atoms with van der Waals surface area (Å²) in [6, 6.07) is 15.4. The lowest BCUT2D eigenvalue weighted by molar-refractivity contribution is -0.142. The Bertz CT molecular complexity index is 1020. The maximum Gasteiger partial charge on any atom is 0.407 e. The fourth-order valence-corrected chi connectivity index (χ4v) is 4.95. The van der Waals surface area contributed by atoms with Crippen molar-refractivity contribution in [2.45, 2.75) is 32.7 Å². The van der Waals surface area contributed by atoms with Crippen molar-refractivity contribution in [1.29, 1.82) is 0 Å². The molecule has 1 saturated heterocycles. The van der Waals surface area contributed by atoms with Crippen LogP contribution in [-0.4, -0.2) is 53.7 Å². The number of amides is 2. The van der Waals surface area contributed by atoms with Crippen LogP contribution in [0.25, 0.3) is 11.1 Å². The molecule has 1 fully saturated rings. The number of benzene rings is 2. The smallest absolute Gasteiger partial charge is 0.407 e. The van der Waals surface area contributed by atoms with Crippen molar-refractivity contribution in [3.05, 3.63) is 59.7 Å². The topological polar surface area (TPSA) is 95.9 Å². The van der Waals surface area contributed by atoms with Crippen molar-refractivity contribution in [2.24, 2.45) is 17.8 Å². The van der Waals surface area contributed by atoms with Gasteiger partial charge in [-0.2, -0.15) is 0 Å². The van der Waals surface area contributed by atoms with Gasteiger partial charge in [0.1, 0.15) is 12.6 Å². The van der Waals surface area contributed by atoms with Gasteiger partial charge in [-0.1, -0.05) is 69.3 Å². The second-order valence-corrected chi connectivity index (χ2v) is 9.36. The van der Waals surface area contributed by atoms with E-state index < -0.39 is 24.0 Å². The summed E-state index contributed by atoms with van der Waals surface area (Å²) < 4.78 is 5.60. The van der Waals surface area contributed by atoms with Crippen molar-refractivity contribution in [1.82, 2.24) is 10.2 Å². The van der Waals surface area contributed by atoms with Crippen molar-refractivity contribution < 1.29 is 24.2 Å². The van der Waals surface area contributed by atoms with E-state index in [4.69, 9.17) is 4.74 Å². The van der Waals surface area contributed by atoms with Gasteiger partial charge in [0.15, 0.2) is 0 Å². The van der Waals surface area contributed by atoms with Crippen LogP contribution < -0.4 is 5.32 Å². The molecule has 1 heterocycles. The van der Waals surface area contributed by atoms with Gasteiger partial charge in [-0.25, -0.2) is 4.79 Å². The number of carboxylic acid groups (broad SMARTS) is 1. The predicted molar refractivity (Wildman–Crippen MR) is 124 cm³/mol. The molecule has 1 aliphatic carbocycles. The molecule has 1 aliphatic heterocycles. The average molecular weight is 451 g/mol. The van der Waals surface area contributed by atoms with Crippen LogP contribution in [0.2, 0.25) is 0 Å². The van der Waals surface area contributed by atoms with E-state index in [1.165, 1.54) is 4.90 Å². The zero-order valence-electron chi connectivity index (χ0n) is 19.2. The number of carbonyl (C=O) groups is 3. The van der Waals surface area contributed by atoms with Gasteiger partial charge >= 0.3 is 12.1 Å². The summed E-state index contributed by atoms with van der Waals surface area (Å²) >= 11 is 0. The highest BCUT2D eigenvalue weighted by atomic mass is 16.5. The maximum atomic E-state index is 13.1. The second-order valence-electron chi connectivity index (χ2n) is 9.36. The van der Waals surface area contributed by atoms with Crippen LogP contribution in [0, 0.1) is 17.8 Å². The van der Waals surface area contributed by atoms with E-state index in [0.717, 1.165) is 22.3 Å². The number of fused-ring (bicyclic) bond motifs is 3. The molecule has 3 atom stereocenters. The number of ether oxygens (including phenoxy) is 1. The minimum Gasteiger partial charge on any atom is -0.481 e. The Balaban J connectivity index is 1.41. The number of nitrogens with zero attached hydrogens (tertiary/aromatic N) is 1. The van der Waals surface area contributed by atoms with Crippen molar-refractivity contribution in [3.63, 3.8) is 0 Å². The van der Waals surface area contributed by atoms with Crippen LogP contribution in [0.3, 0.4) is 0 Å². The Morgan fingerprint density at radius 1 is 1.03 bits per heavy atom. The third-order valence-electron chi connectivity index (χ3n) is 6.79. The third kappa shape index (κ3) is 4.45. The van der Waals surface area contributed by atoms with Gasteiger partial charge in [0.2, 0.25) is 5.91 Å². The quantitative estimate of drug-likeness (QED) is 0.699. The monoisotopic (exact) mass is 450 g/mol. The maximum absolute atomic E-state index is 13.1. The number of carboxylic acids is 1. The van der Waals surface area contributed by atoms with E-state index in [-0.39, 0.29) is 36.8 Å². The number of rotatable bonds is 6. The van der Waals surface area contributed by atoms with E-state index in [1.807, 2.05) is 45.0 Å². The van der Waals surface area contributed by atoms with Crippen molar-refractivity contribution in [2.75, 3.05) is 19.7 Å². The molecule has 174 valence electrons. The Morgan fingerprint density at radius 2 is 1.61 bits per heavy atom. The van der Waals surface area contributed by atoms with Crippen molar-refractivity contribution >= 4 is 18.0 Å². The molecule has 2 amide bonds. The van der Waals surface area contributed by atoms with Gasteiger partial charge in [-0.3, -0.25) is 9.59 Å². The molecule has 2 aromatic rings. The largest absolute Gasteiger partial charge is 0.481 e. The first-order chi connectivity index (χ1) is 15.8. The van der Waals surface area contributed by atoms with Crippen LogP contribution in [0.15, 0.2) is 48.5 Å². The standard InChI is InChI=1S/C26H30N2O5/c1-15(2)23(24(29)28-12-16(3)21(13-28)25(30)31)27-26(32)33-14-22-19-10-6-4-8-17(19)18-9-5-7-11-20(18)22/h4-11,15-16,21-23H,12-14H2,1-3H3,(H,27,32)(H,30,31)/t16-,21-,23?/m1/s1. The molecule has 0 radical (unpaired) electrons. The minimum atomic E-state index is -0.900. The van der Waals surface area contributed by atoms with Crippen LogP contribution >= 0.6 is 0 Å². The van der Waals surface area contributed by atoms with Gasteiger partial charge in [-0.15, -0.1) is 0 Å². The summed E-state index contributed by atoms with van der Waals surface area (Å²) in [5.74, 6) is -2.12. The highest BCUT2D eigenvalue weighted by Crippen LogP contribution is 2.44. The number of likely N-dealkylation sites (tertiary alicyclic amines) is 1. The molecule has 0 spiro atoms. The predicted octanol–water partition coefficient (Wildman–Crippen LogP) is 3.73. The van der Waals surface area contributed by atoms with Crippen LogP contribution in [-0.2, 0) is 14.3 Å². The molecule has 0 aromatic heterocycles. The lowest BCUT2D eigenvalue weighted by atomic mass is 9.98. The SMILES string of the molecule is CC(C)C(NC(=O)OCC1c2ccccc2-c2ccccc21)C(=O)N1C[C@@H](C)[C@H](C(=O)O)C1. The first-order valence-electron chi connectivity index (χ1n) is 11.4. The number of hydrogen-bond acceptors (Lipinski definition) is 4. The lowest BCUT2D eigenvalue weighted by Gasteiger charge is -2.27. The summed E-state index contributed by atoms with van der Waals surface area (Å²) in [5, 5.41) is 12.1. The molecule has 2 aromatic carbocycles. The summed E-state index contributed by atoms with van der Waals surface area (Å²) in [4.78, 5) is 38.7. The molecule has 4 rings (SSSR count). The summed E-state index contributed by atoms with van der Waals surface area (Å²) in [6.45, 7) is 6.22. The fourth-order valence-electron chi connectivity index (χ4n) is 4.95. The summed E-state index contributed by atoms with van der Waals surface area (Å²) in [5.41, 5.74) is 4.53. The number of hydrogen-bond donors (Lipinski definition) is 2. The average Bonchev–Trinajstić information content (AvgIpc) is 3.34. The van der Waals surface area contributed by atoms with Crippen LogP contribution in [0.1, 0.15) is 37.8 Å². The number of carbonyl (C=O) groups excluding carboxylic acids is 2. The molecule has 7 nitrogen and oxygen atoms in total. The summed E-state index contributed by atoms with van der Waals surface area (Å²) in [7, 11) is 0. The van der Waals surface area contributed by atoms with Gasteiger partial charge in [-0.05, 0) is 34.1 Å². The first-order valence-corrected chi connectivity index (χ1v) is 11.4. The van der Waals surface area contributed by atoms with Gasteiger partial charge < -0.3 is 20.1 Å². The number of aliphatic carboxylic acids is 1. The molecular weight excluding hydrogens is 420 g/mol. The molecule has 2 aliphatic rings. The van der Waals surface area contributed by atoms with Gasteiger partial charge in [0, 0.05) is 19.0 Å². The van der Waals surface area contributed by atoms with Crippen LogP contribution in [0.4, 0.5) is 4.79 Å². The Kier molecular flexibility index (Phi) is 6.40. The van der Waals surface area contributed by atoms with E-state index in [2.05, 4.69) is 29.6 Å². The van der Waals surface area contributed by atoms with Gasteiger partial charge in [0.05, 0.1) is 5.92 Å². The molecule has 0 saturated carbocycles. The number of nitrogens with one attached hydrogen (secondary N) is 1. The molecule has 7 heteroatoms. The van der Waals surface area contributed by atoms with E-state index in [0.29, 0.717) is 6.54 Å². The Labute approximate surface area is 193 Å². The first kappa shape index (κ1) is 22.8.